The van der Waals surface area contributed by atoms with Gasteiger partial charge in [-0.3, -0.25) is 14.4 Å². The number of Topliss-reactive ketones (excluding diaryl/α,β-unsaturated/α-hetero) is 1. The first kappa shape index (κ1) is 17.4. The van der Waals surface area contributed by atoms with E-state index in [0.29, 0.717) is 34.0 Å². The van der Waals surface area contributed by atoms with Crippen LogP contribution in [0, 0.1) is 18.8 Å². The van der Waals surface area contributed by atoms with Crippen molar-refractivity contribution < 1.29 is 28.6 Å². The van der Waals surface area contributed by atoms with Gasteiger partial charge < -0.3 is 14.3 Å². The number of aliphatic carboxylic acids is 1. The lowest BCUT2D eigenvalue weighted by atomic mass is 10.1. The van der Waals surface area contributed by atoms with Crippen LogP contribution in [0.4, 0.5) is 0 Å². The number of hydrogen-bond acceptors (Lipinski definition) is 6. The van der Waals surface area contributed by atoms with E-state index in [9.17, 15) is 14.4 Å². The molecule has 3 atom stereocenters. The average Bonchev–Trinajstić information content (AvgIpc) is 3.21. The third-order valence-electron chi connectivity index (χ3n) is 4.05. The lowest BCUT2D eigenvalue weighted by molar-refractivity contribution is -0.153. The van der Waals surface area contributed by atoms with Crippen LogP contribution in [0.25, 0.3) is 11.1 Å². The zero-order valence-corrected chi connectivity index (χ0v) is 14.4. The second-order valence-electron chi connectivity index (χ2n) is 6.20. The molecule has 132 valence electrons. The number of aryl methyl sites for hydroxylation is 1. The highest BCUT2D eigenvalue weighted by Gasteiger charge is 2.49. The number of ketones is 1. The van der Waals surface area contributed by atoms with E-state index in [2.05, 4.69) is 4.98 Å². The molecule has 0 amide bonds. The summed E-state index contributed by atoms with van der Waals surface area (Å²) < 4.78 is 10.5. The molecule has 0 saturated heterocycles. The van der Waals surface area contributed by atoms with Gasteiger partial charge in [0, 0.05) is 18.4 Å². The minimum absolute atomic E-state index is 0.217. The van der Waals surface area contributed by atoms with E-state index in [1.54, 1.807) is 13.0 Å². The van der Waals surface area contributed by atoms with Gasteiger partial charge in [0.2, 0.25) is 0 Å². The first-order chi connectivity index (χ1) is 11.8. The fourth-order valence-corrected chi connectivity index (χ4v) is 3.03. The van der Waals surface area contributed by atoms with Crippen molar-refractivity contribution >= 4 is 40.4 Å². The first-order valence-electron chi connectivity index (χ1n) is 7.79. The molecule has 1 aliphatic rings. The number of carboxylic acid groups (broad SMARTS) is 1. The van der Waals surface area contributed by atoms with Crippen LogP contribution in [0.5, 0.6) is 0 Å². The van der Waals surface area contributed by atoms with E-state index < -0.39 is 29.9 Å². The molecule has 3 rings (SSSR count). The number of nitrogens with zero attached hydrogens (tertiary/aromatic N) is 1. The smallest absolute Gasteiger partial charge is 0.309 e. The number of carbonyl (C=O) groups is 3. The van der Waals surface area contributed by atoms with Crippen molar-refractivity contribution in [1.82, 2.24) is 4.98 Å². The van der Waals surface area contributed by atoms with Crippen LogP contribution in [0.2, 0.25) is 5.02 Å². The van der Waals surface area contributed by atoms with Crippen LogP contribution in [0.3, 0.4) is 0 Å². The van der Waals surface area contributed by atoms with Crippen molar-refractivity contribution in [2.75, 3.05) is 0 Å². The van der Waals surface area contributed by atoms with Gasteiger partial charge in [-0.15, -0.1) is 0 Å². The van der Waals surface area contributed by atoms with Gasteiger partial charge in [0.15, 0.2) is 17.3 Å². The molecule has 8 heteroatoms. The molecule has 25 heavy (non-hydrogen) atoms. The molecule has 1 aliphatic carbocycles. The fraction of sp³-hybridized carbons (Fsp3) is 0.412. The zero-order chi connectivity index (χ0) is 18.3. The number of esters is 1. The Kier molecular flexibility index (Phi) is 4.51. The van der Waals surface area contributed by atoms with Crippen molar-refractivity contribution in [2.24, 2.45) is 11.8 Å². The summed E-state index contributed by atoms with van der Waals surface area (Å²) >= 11 is 6.14. The van der Waals surface area contributed by atoms with Crippen LogP contribution in [-0.2, 0) is 14.3 Å². The third kappa shape index (κ3) is 3.66. The number of ether oxygens (including phenoxy) is 1. The van der Waals surface area contributed by atoms with Gasteiger partial charge in [0.1, 0.15) is 11.6 Å². The van der Waals surface area contributed by atoms with Crippen LogP contribution in [-0.4, -0.2) is 33.9 Å². The van der Waals surface area contributed by atoms with Crippen molar-refractivity contribution in [3.63, 3.8) is 0 Å². The summed E-state index contributed by atoms with van der Waals surface area (Å²) in [6.07, 6.45) is -0.624. The Morgan fingerprint density at radius 1 is 1.40 bits per heavy atom. The van der Waals surface area contributed by atoms with Crippen molar-refractivity contribution in [1.29, 1.82) is 0 Å². The van der Waals surface area contributed by atoms with Gasteiger partial charge in [-0.25, -0.2) is 4.98 Å². The lowest BCUT2D eigenvalue weighted by Crippen LogP contribution is -2.20. The largest absolute Gasteiger partial charge is 0.481 e. The highest BCUT2D eigenvalue weighted by atomic mass is 35.5. The van der Waals surface area contributed by atoms with E-state index >= 15 is 0 Å². The summed E-state index contributed by atoms with van der Waals surface area (Å²) in [4.78, 5) is 39.3. The molecule has 0 aliphatic heterocycles. The molecule has 0 bridgehead atoms. The summed E-state index contributed by atoms with van der Waals surface area (Å²) in [5, 5.41) is 8.99. The number of carbonyl (C=O) groups excluding carboxylic acids is 2. The highest BCUT2D eigenvalue weighted by Crippen LogP contribution is 2.43. The average molecular weight is 366 g/mol. The maximum Gasteiger partial charge on any atom is 0.309 e. The molecule has 0 radical (unpaired) electrons. The molecule has 1 heterocycles. The second-order valence-corrected chi connectivity index (χ2v) is 6.60. The number of benzene rings is 1. The number of fused-ring (bicyclic) bond motifs is 1. The Bertz CT molecular complexity index is 873. The Morgan fingerprint density at radius 2 is 2.12 bits per heavy atom. The third-order valence-corrected chi connectivity index (χ3v) is 4.34. The van der Waals surface area contributed by atoms with Crippen LogP contribution >= 0.6 is 11.6 Å². The van der Waals surface area contributed by atoms with Gasteiger partial charge >= 0.3 is 11.9 Å². The summed E-state index contributed by atoms with van der Waals surface area (Å²) in [5.41, 5.74) is 1.26. The normalized spacial score (nSPS) is 20.3. The Balaban J connectivity index is 1.69. The van der Waals surface area contributed by atoms with Crippen LogP contribution in [0.15, 0.2) is 16.5 Å². The Labute approximate surface area is 147 Å². The molecule has 0 spiro atoms. The minimum Gasteiger partial charge on any atom is -0.481 e. The molecule has 1 aromatic carbocycles. The van der Waals surface area contributed by atoms with E-state index in [1.807, 2.05) is 0 Å². The predicted molar refractivity (Wildman–Crippen MR) is 87.5 cm³/mol. The van der Waals surface area contributed by atoms with Gasteiger partial charge in [-0.2, -0.15) is 0 Å². The molecule has 1 fully saturated rings. The van der Waals surface area contributed by atoms with Crippen LogP contribution < -0.4 is 0 Å². The van der Waals surface area contributed by atoms with Crippen molar-refractivity contribution in [2.45, 2.75) is 32.8 Å². The summed E-state index contributed by atoms with van der Waals surface area (Å²) in [7, 11) is 0. The number of halogens is 1. The molecule has 1 unspecified atom stereocenters. The van der Waals surface area contributed by atoms with E-state index in [-0.39, 0.29) is 12.2 Å². The van der Waals surface area contributed by atoms with Gasteiger partial charge in [-0.05, 0) is 25.5 Å². The first-order valence-corrected chi connectivity index (χ1v) is 8.17. The molecular formula is C17H16ClNO6. The number of aromatic nitrogens is 1. The zero-order valence-electron chi connectivity index (χ0n) is 13.6. The Hall–Kier alpha value is -2.41. The summed E-state index contributed by atoms with van der Waals surface area (Å²) in [6.45, 7) is 3.19. The summed E-state index contributed by atoms with van der Waals surface area (Å²) in [5.74, 6) is -2.40. The maximum absolute atomic E-state index is 12.6. The highest BCUT2D eigenvalue weighted by molar-refractivity contribution is 6.35. The number of oxazole rings is 1. The SMILES string of the molecule is Cc1nc2c(Cl)cc(C(=O)[C@H]3C[C@@H]3C(=O)OC(C)CC(=O)O)cc2o1. The second kappa shape index (κ2) is 6.48. The van der Waals surface area contributed by atoms with E-state index in [1.165, 1.54) is 13.0 Å². The molecular weight excluding hydrogens is 350 g/mol. The molecule has 1 saturated carbocycles. The van der Waals surface area contributed by atoms with Crippen molar-refractivity contribution in [3.05, 3.63) is 28.6 Å². The van der Waals surface area contributed by atoms with E-state index in [0.717, 1.165) is 0 Å². The van der Waals surface area contributed by atoms with Crippen LogP contribution in [0.1, 0.15) is 36.0 Å². The number of hydrogen-bond donors (Lipinski definition) is 1. The fourth-order valence-electron chi connectivity index (χ4n) is 2.77. The van der Waals surface area contributed by atoms with Gasteiger partial charge in [0.05, 0.1) is 17.4 Å². The molecule has 2 aromatic rings. The predicted octanol–water partition coefficient (Wildman–Crippen LogP) is 3.01. The number of carboxylic acids is 1. The van der Waals surface area contributed by atoms with Crippen molar-refractivity contribution in [3.8, 4) is 0 Å². The summed E-state index contributed by atoms with van der Waals surface area (Å²) in [6, 6.07) is 3.08. The maximum atomic E-state index is 12.6. The molecule has 1 aromatic heterocycles. The lowest BCUT2D eigenvalue weighted by Gasteiger charge is -2.10. The molecule has 1 N–H and O–H groups in total. The standard InChI is InChI=1S/C17H16ClNO6/c1-7(3-14(20)21)24-17(23)11-6-10(11)16(22)9-4-12(18)15-13(5-9)25-8(2)19-15/h4-5,7,10-11H,3,6H2,1-2H3,(H,20,21)/t7?,10-,11-/m0/s1. The quantitative estimate of drug-likeness (QED) is 0.619. The topological polar surface area (TPSA) is 107 Å². The van der Waals surface area contributed by atoms with Gasteiger partial charge in [-0.1, -0.05) is 11.6 Å². The minimum atomic E-state index is -1.05. The number of rotatable bonds is 6. The Morgan fingerprint density at radius 3 is 2.80 bits per heavy atom. The van der Waals surface area contributed by atoms with Gasteiger partial charge in [0.25, 0.3) is 0 Å². The molecule has 7 nitrogen and oxygen atoms in total. The monoisotopic (exact) mass is 365 g/mol. The van der Waals surface area contributed by atoms with E-state index in [4.69, 9.17) is 25.9 Å².